The van der Waals surface area contributed by atoms with Crippen molar-refractivity contribution in [1.82, 2.24) is 19.9 Å². The molecule has 5 heteroatoms. The molecule has 108 valence electrons. The second-order valence-electron chi connectivity index (χ2n) is 5.61. The summed E-state index contributed by atoms with van der Waals surface area (Å²) in [6, 6.07) is 8.72. The highest BCUT2D eigenvalue weighted by Crippen LogP contribution is 2.24. The Bertz CT molecular complexity index is 770. The minimum atomic E-state index is 0.907. The largest absolute Gasteiger partial charge is 0.311 e. The Morgan fingerprint density at radius 1 is 1.24 bits per heavy atom. The maximum atomic E-state index is 4.71. The van der Waals surface area contributed by atoms with Gasteiger partial charge in [-0.2, -0.15) is 5.10 Å². The van der Waals surface area contributed by atoms with E-state index in [0.29, 0.717) is 0 Å². The third-order valence-electron chi connectivity index (χ3n) is 4.00. The molecule has 1 aromatic carbocycles. The zero-order valence-corrected chi connectivity index (χ0v) is 12.9. The lowest BCUT2D eigenvalue weighted by atomic mass is 10.1. The minimum absolute atomic E-state index is 0.907. The fourth-order valence-electron chi connectivity index (χ4n) is 2.78. The molecule has 1 N–H and O–H groups in total. The van der Waals surface area contributed by atoms with Crippen molar-refractivity contribution in [3.8, 4) is 0 Å². The number of rotatable bonds is 3. The zero-order valence-electron chi connectivity index (χ0n) is 12.1. The second kappa shape index (κ2) is 5.24. The molecule has 3 heterocycles. The normalized spacial score (nSPS) is 14.5. The fraction of sp³-hybridized carbons (Fsp3) is 0.375. The first kappa shape index (κ1) is 13.0. The molecule has 21 heavy (non-hydrogen) atoms. The summed E-state index contributed by atoms with van der Waals surface area (Å²) in [4.78, 5) is 7.13. The first-order chi connectivity index (χ1) is 10.3. The molecule has 0 amide bonds. The van der Waals surface area contributed by atoms with Gasteiger partial charge in [-0.3, -0.25) is 0 Å². The second-order valence-corrected chi connectivity index (χ2v) is 6.67. The van der Waals surface area contributed by atoms with Gasteiger partial charge in [-0.05, 0) is 18.9 Å². The van der Waals surface area contributed by atoms with E-state index in [0.717, 1.165) is 43.1 Å². The van der Waals surface area contributed by atoms with Crippen molar-refractivity contribution in [2.75, 3.05) is 6.54 Å². The Morgan fingerprint density at radius 2 is 2.10 bits per heavy atom. The molecule has 0 fully saturated rings. The van der Waals surface area contributed by atoms with Crippen molar-refractivity contribution in [2.24, 2.45) is 0 Å². The van der Waals surface area contributed by atoms with Gasteiger partial charge in [0.2, 0.25) is 4.96 Å². The topological polar surface area (TPSA) is 42.2 Å². The Kier molecular flexibility index (Phi) is 3.24. The maximum absolute atomic E-state index is 4.71. The predicted octanol–water partition coefficient (Wildman–Crippen LogP) is 2.53. The summed E-state index contributed by atoms with van der Waals surface area (Å²) in [6.45, 7) is 4.12. The summed E-state index contributed by atoms with van der Waals surface area (Å²) in [5.41, 5.74) is 4.01. The highest BCUT2D eigenvalue weighted by molar-refractivity contribution is 7.17. The smallest absolute Gasteiger partial charge is 0.212 e. The predicted molar refractivity (Wildman–Crippen MR) is 84.9 cm³/mol. The summed E-state index contributed by atoms with van der Waals surface area (Å²) in [5, 5.41) is 8.11. The average molecular weight is 298 g/mol. The van der Waals surface area contributed by atoms with E-state index < -0.39 is 0 Å². The SMILES string of the molecule is Cc1ccc(CCc2nc3sc4c(n3n2)CCNC4)cc1. The number of hydrogen-bond acceptors (Lipinski definition) is 4. The van der Waals surface area contributed by atoms with Crippen LogP contribution in [-0.2, 0) is 25.8 Å². The van der Waals surface area contributed by atoms with Crippen LogP contribution in [-0.4, -0.2) is 21.1 Å². The standard InChI is InChI=1S/C16H18N4S/c1-11-2-4-12(5-3-11)6-7-15-18-16-20(19-15)13-8-9-17-10-14(13)21-16/h2-5,17H,6-10H2,1H3. The van der Waals surface area contributed by atoms with Crippen molar-refractivity contribution < 1.29 is 0 Å². The quantitative estimate of drug-likeness (QED) is 0.808. The van der Waals surface area contributed by atoms with Crippen molar-refractivity contribution >= 4 is 16.3 Å². The zero-order chi connectivity index (χ0) is 14.2. The van der Waals surface area contributed by atoms with Gasteiger partial charge in [0, 0.05) is 30.8 Å². The molecule has 0 atom stereocenters. The molecule has 1 aliphatic heterocycles. The lowest BCUT2D eigenvalue weighted by Gasteiger charge is -2.11. The molecule has 2 aromatic heterocycles. The first-order valence-corrected chi connectivity index (χ1v) is 8.24. The van der Waals surface area contributed by atoms with Crippen LogP contribution in [0.2, 0.25) is 0 Å². The van der Waals surface area contributed by atoms with E-state index in [2.05, 4.69) is 41.0 Å². The van der Waals surface area contributed by atoms with Crippen molar-refractivity contribution in [1.29, 1.82) is 0 Å². The van der Waals surface area contributed by atoms with Crippen molar-refractivity contribution in [3.63, 3.8) is 0 Å². The van der Waals surface area contributed by atoms with Crippen LogP contribution in [0.3, 0.4) is 0 Å². The Balaban J connectivity index is 1.54. The molecule has 0 saturated carbocycles. The molecule has 0 aliphatic carbocycles. The van der Waals surface area contributed by atoms with Gasteiger partial charge in [0.15, 0.2) is 5.82 Å². The first-order valence-electron chi connectivity index (χ1n) is 7.42. The van der Waals surface area contributed by atoms with Crippen LogP contribution < -0.4 is 5.32 Å². The van der Waals surface area contributed by atoms with E-state index in [-0.39, 0.29) is 0 Å². The van der Waals surface area contributed by atoms with E-state index in [1.54, 1.807) is 11.3 Å². The molecular weight excluding hydrogens is 280 g/mol. The Morgan fingerprint density at radius 3 is 2.95 bits per heavy atom. The number of nitrogens with one attached hydrogen (secondary N) is 1. The number of benzene rings is 1. The molecule has 0 radical (unpaired) electrons. The van der Waals surface area contributed by atoms with E-state index in [1.807, 2.05) is 0 Å². The molecule has 0 bridgehead atoms. The summed E-state index contributed by atoms with van der Waals surface area (Å²) in [7, 11) is 0. The molecule has 0 saturated heterocycles. The van der Waals surface area contributed by atoms with Crippen LogP contribution in [0.5, 0.6) is 0 Å². The number of aromatic nitrogens is 3. The minimum Gasteiger partial charge on any atom is -0.311 e. The van der Waals surface area contributed by atoms with Gasteiger partial charge in [-0.1, -0.05) is 41.2 Å². The lowest BCUT2D eigenvalue weighted by Crippen LogP contribution is -2.23. The number of hydrogen-bond donors (Lipinski definition) is 1. The van der Waals surface area contributed by atoms with Crippen LogP contribution in [0.25, 0.3) is 4.96 Å². The lowest BCUT2D eigenvalue weighted by molar-refractivity contribution is 0.626. The van der Waals surface area contributed by atoms with Gasteiger partial charge < -0.3 is 5.32 Å². The summed E-state index contributed by atoms with van der Waals surface area (Å²) in [5.74, 6) is 0.961. The summed E-state index contributed by atoms with van der Waals surface area (Å²) >= 11 is 1.77. The molecule has 1 aliphatic rings. The highest BCUT2D eigenvalue weighted by atomic mass is 32.1. The average Bonchev–Trinajstić information content (AvgIpc) is 3.04. The molecular formula is C16H18N4S. The number of aryl methyl sites for hydroxylation is 3. The van der Waals surface area contributed by atoms with Crippen LogP contribution >= 0.6 is 11.3 Å². The Labute approximate surface area is 127 Å². The summed E-state index contributed by atoms with van der Waals surface area (Å²) in [6.07, 6.45) is 2.96. The van der Waals surface area contributed by atoms with Crippen LogP contribution in [0.4, 0.5) is 0 Å². The molecule has 0 spiro atoms. The van der Waals surface area contributed by atoms with Crippen molar-refractivity contribution in [2.45, 2.75) is 32.7 Å². The number of thiazole rings is 1. The van der Waals surface area contributed by atoms with Gasteiger partial charge in [0.1, 0.15) is 0 Å². The van der Waals surface area contributed by atoms with Gasteiger partial charge in [0.25, 0.3) is 0 Å². The molecule has 3 aromatic rings. The molecule has 0 unspecified atom stereocenters. The van der Waals surface area contributed by atoms with E-state index in [4.69, 9.17) is 10.1 Å². The van der Waals surface area contributed by atoms with Gasteiger partial charge in [-0.15, -0.1) is 0 Å². The van der Waals surface area contributed by atoms with Gasteiger partial charge in [-0.25, -0.2) is 9.50 Å². The van der Waals surface area contributed by atoms with Gasteiger partial charge >= 0.3 is 0 Å². The molecule has 4 rings (SSSR count). The number of fused-ring (bicyclic) bond motifs is 3. The highest BCUT2D eigenvalue weighted by Gasteiger charge is 2.18. The molecule has 4 nitrogen and oxygen atoms in total. The third-order valence-corrected chi connectivity index (χ3v) is 5.07. The third kappa shape index (κ3) is 2.47. The van der Waals surface area contributed by atoms with Crippen LogP contribution in [0, 0.1) is 6.92 Å². The van der Waals surface area contributed by atoms with Crippen molar-refractivity contribution in [3.05, 3.63) is 51.8 Å². The van der Waals surface area contributed by atoms with E-state index in [1.165, 1.54) is 21.7 Å². The fourth-order valence-corrected chi connectivity index (χ4v) is 3.87. The van der Waals surface area contributed by atoms with E-state index in [9.17, 15) is 0 Å². The monoisotopic (exact) mass is 298 g/mol. The van der Waals surface area contributed by atoms with Crippen LogP contribution in [0.1, 0.15) is 27.5 Å². The van der Waals surface area contributed by atoms with Gasteiger partial charge in [0.05, 0.1) is 5.69 Å². The maximum Gasteiger partial charge on any atom is 0.212 e. The summed E-state index contributed by atoms with van der Waals surface area (Å²) < 4.78 is 2.06. The van der Waals surface area contributed by atoms with E-state index >= 15 is 0 Å². The number of nitrogens with zero attached hydrogens (tertiary/aromatic N) is 3. The Hall–Kier alpha value is -1.72. The van der Waals surface area contributed by atoms with Crippen LogP contribution in [0.15, 0.2) is 24.3 Å².